The highest BCUT2D eigenvalue weighted by Crippen LogP contribution is 2.35. The number of carbonyl (C=O) groups excluding carboxylic acids is 1. The van der Waals surface area contributed by atoms with E-state index in [1.165, 1.54) is 0 Å². The molecule has 2 aromatic heterocycles. The van der Waals surface area contributed by atoms with Gasteiger partial charge in [-0.15, -0.1) is 0 Å². The first-order chi connectivity index (χ1) is 16.0. The molecule has 9 nitrogen and oxygen atoms in total. The van der Waals surface area contributed by atoms with E-state index in [0.717, 1.165) is 54.3 Å². The highest BCUT2D eigenvalue weighted by atomic mass is 16.5. The lowest BCUT2D eigenvalue weighted by Gasteiger charge is -2.30. The molecule has 6 rings (SSSR count). The van der Waals surface area contributed by atoms with Crippen LogP contribution in [0.4, 0.5) is 5.82 Å². The Bertz CT molecular complexity index is 1230. The number of aromatic nitrogens is 4. The number of rotatable bonds is 4. The van der Waals surface area contributed by atoms with Gasteiger partial charge in [-0.3, -0.25) is 4.79 Å². The predicted molar refractivity (Wildman–Crippen MR) is 123 cm³/mol. The van der Waals surface area contributed by atoms with E-state index in [0.29, 0.717) is 43.8 Å². The first-order valence-electron chi connectivity index (χ1n) is 11.7. The molecule has 0 atom stereocenters. The Kier molecular flexibility index (Phi) is 4.84. The van der Waals surface area contributed by atoms with Gasteiger partial charge in [0.15, 0.2) is 22.8 Å². The Morgan fingerprint density at radius 3 is 2.70 bits per heavy atom. The van der Waals surface area contributed by atoms with Crippen LogP contribution in [0.3, 0.4) is 0 Å². The van der Waals surface area contributed by atoms with Crippen LogP contribution in [0.5, 0.6) is 0 Å². The maximum atomic E-state index is 12.6. The first kappa shape index (κ1) is 20.6. The van der Waals surface area contributed by atoms with Gasteiger partial charge in [0.1, 0.15) is 11.4 Å². The van der Waals surface area contributed by atoms with Crippen LogP contribution in [-0.2, 0) is 21.6 Å². The summed E-state index contributed by atoms with van der Waals surface area (Å²) in [6.45, 7) is 8.17. The molecule has 2 fully saturated rings. The zero-order valence-corrected chi connectivity index (χ0v) is 19.0. The smallest absolute Gasteiger partial charge is 0.251 e. The highest BCUT2D eigenvalue weighted by Gasteiger charge is 2.34. The van der Waals surface area contributed by atoms with E-state index in [2.05, 4.69) is 14.8 Å². The van der Waals surface area contributed by atoms with Crippen LogP contribution < -0.4 is 10.2 Å². The number of hydrogen-bond acceptors (Lipinski definition) is 7. The summed E-state index contributed by atoms with van der Waals surface area (Å²) in [4.78, 5) is 29.7. The van der Waals surface area contributed by atoms with Gasteiger partial charge < -0.3 is 24.3 Å². The van der Waals surface area contributed by atoms with Gasteiger partial charge in [0.25, 0.3) is 5.91 Å². The number of fused-ring (bicyclic) bond motifs is 3. The number of hydrogen-bond donors (Lipinski definition) is 1. The number of carbonyl (C=O) groups is 1. The van der Waals surface area contributed by atoms with Crippen molar-refractivity contribution in [2.45, 2.75) is 44.9 Å². The van der Waals surface area contributed by atoms with Gasteiger partial charge in [-0.2, -0.15) is 0 Å². The maximum Gasteiger partial charge on any atom is 0.251 e. The minimum atomic E-state index is -0.498. The Morgan fingerprint density at radius 2 is 1.91 bits per heavy atom. The third-order valence-electron chi connectivity index (χ3n) is 6.50. The lowest BCUT2D eigenvalue weighted by atomic mass is 10.1. The molecule has 0 spiro atoms. The van der Waals surface area contributed by atoms with Crippen LogP contribution in [0, 0.1) is 0 Å². The van der Waals surface area contributed by atoms with Gasteiger partial charge in [-0.05, 0) is 38.8 Å². The molecule has 1 N–H and O–H groups in total. The Balaban J connectivity index is 1.49. The topological polar surface area (TPSA) is 94.4 Å². The molecule has 1 saturated heterocycles. The summed E-state index contributed by atoms with van der Waals surface area (Å²) in [6.07, 6.45) is 2.11. The molecule has 1 amide bonds. The Labute approximate surface area is 192 Å². The van der Waals surface area contributed by atoms with Crippen molar-refractivity contribution in [2.75, 3.05) is 37.8 Å². The minimum absolute atomic E-state index is 0.0468. The van der Waals surface area contributed by atoms with E-state index in [1.807, 2.05) is 38.1 Å². The molecule has 2 aliphatic heterocycles. The fraction of sp³-hybridized carbons (Fsp3) is 0.500. The summed E-state index contributed by atoms with van der Waals surface area (Å²) >= 11 is 0. The molecule has 0 unspecified atom stereocenters. The van der Waals surface area contributed by atoms with Crippen LogP contribution in [0.15, 0.2) is 24.3 Å². The minimum Gasteiger partial charge on any atom is -0.378 e. The van der Waals surface area contributed by atoms with Crippen molar-refractivity contribution in [2.24, 2.45) is 0 Å². The molecule has 172 valence electrons. The molecule has 3 aliphatic rings. The lowest BCUT2D eigenvalue weighted by Crippen LogP contribution is -2.37. The van der Waals surface area contributed by atoms with Crippen LogP contribution in [0.25, 0.3) is 22.6 Å². The standard InChI is InChI=1S/C24H28N6O3/c1-24(2)23-26-18-20(29-8-11-32-12-9-29)27-19(28-21(18)30(23)10-13-33-24)15-4-3-5-16(14-15)22(31)25-17-6-7-17/h3-5,14,17H,6-13H2,1-2H3,(H,25,31). The third kappa shape index (κ3) is 3.75. The van der Waals surface area contributed by atoms with Gasteiger partial charge in [0.2, 0.25) is 0 Å². The fourth-order valence-corrected chi connectivity index (χ4v) is 4.54. The molecule has 0 bridgehead atoms. The van der Waals surface area contributed by atoms with Crippen LogP contribution in [0.2, 0.25) is 0 Å². The third-order valence-corrected chi connectivity index (χ3v) is 6.50. The normalized spacial score (nSPS) is 20.0. The van der Waals surface area contributed by atoms with Crippen LogP contribution >= 0.6 is 0 Å². The summed E-state index contributed by atoms with van der Waals surface area (Å²) in [5.41, 5.74) is 2.54. The number of anilines is 1. The Hall–Kier alpha value is -3.04. The molecule has 4 heterocycles. The molecule has 1 aromatic carbocycles. The van der Waals surface area contributed by atoms with Crippen molar-refractivity contribution < 1.29 is 14.3 Å². The lowest BCUT2D eigenvalue weighted by molar-refractivity contribution is -0.0530. The number of ether oxygens (including phenoxy) is 2. The van der Waals surface area contributed by atoms with Crippen LogP contribution in [0.1, 0.15) is 42.9 Å². The largest absolute Gasteiger partial charge is 0.378 e. The molecule has 33 heavy (non-hydrogen) atoms. The maximum absolute atomic E-state index is 12.6. The predicted octanol–water partition coefficient (Wildman–Crippen LogP) is 2.49. The zero-order chi connectivity index (χ0) is 22.6. The molecule has 1 aliphatic carbocycles. The van der Waals surface area contributed by atoms with Gasteiger partial charge in [-0.1, -0.05) is 12.1 Å². The van der Waals surface area contributed by atoms with E-state index >= 15 is 0 Å². The summed E-state index contributed by atoms with van der Waals surface area (Å²) in [7, 11) is 0. The second-order valence-electron chi connectivity index (χ2n) is 9.42. The summed E-state index contributed by atoms with van der Waals surface area (Å²) in [5.74, 6) is 2.22. The quantitative estimate of drug-likeness (QED) is 0.655. The van der Waals surface area contributed by atoms with Gasteiger partial charge in [0.05, 0.1) is 19.8 Å². The number of imidazole rings is 1. The monoisotopic (exact) mass is 448 g/mol. The summed E-state index contributed by atoms with van der Waals surface area (Å²) in [5, 5.41) is 3.06. The van der Waals surface area contributed by atoms with Gasteiger partial charge in [0, 0.05) is 36.8 Å². The summed E-state index contributed by atoms with van der Waals surface area (Å²) in [6, 6.07) is 7.87. The molecular weight excluding hydrogens is 420 g/mol. The van der Waals surface area contributed by atoms with E-state index in [1.54, 1.807) is 0 Å². The second-order valence-corrected chi connectivity index (χ2v) is 9.42. The molecule has 0 radical (unpaired) electrons. The number of morpholine rings is 1. The first-order valence-corrected chi connectivity index (χ1v) is 11.7. The molecular formula is C24H28N6O3. The SMILES string of the molecule is CC1(C)OCCn2c1nc1c(N3CCOCC3)nc(-c3cccc(C(=O)NC4CC4)c3)nc12. The number of nitrogens with zero attached hydrogens (tertiary/aromatic N) is 5. The number of nitrogens with one attached hydrogen (secondary N) is 1. The van der Waals surface area contributed by atoms with E-state index in [4.69, 9.17) is 24.4 Å². The van der Waals surface area contributed by atoms with Gasteiger partial charge in [-0.25, -0.2) is 15.0 Å². The molecule has 9 heteroatoms. The van der Waals surface area contributed by atoms with Crippen molar-refractivity contribution in [3.63, 3.8) is 0 Å². The zero-order valence-electron chi connectivity index (χ0n) is 19.0. The van der Waals surface area contributed by atoms with Crippen molar-refractivity contribution in [1.82, 2.24) is 24.8 Å². The average molecular weight is 449 g/mol. The van der Waals surface area contributed by atoms with Crippen molar-refractivity contribution in [3.8, 4) is 11.4 Å². The fourth-order valence-electron chi connectivity index (χ4n) is 4.54. The van der Waals surface area contributed by atoms with Crippen molar-refractivity contribution >= 4 is 22.9 Å². The van der Waals surface area contributed by atoms with E-state index < -0.39 is 5.60 Å². The van der Waals surface area contributed by atoms with E-state index in [-0.39, 0.29) is 5.91 Å². The highest BCUT2D eigenvalue weighted by molar-refractivity contribution is 5.96. The Morgan fingerprint density at radius 1 is 1.09 bits per heavy atom. The van der Waals surface area contributed by atoms with Crippen molar-refractivity contribution in [1.29, 1.82) is 0 Å². The number of amides is 1. The molecule has 1 saturated carbocycles. The molecule has 3 aromatic rings. The van der Waals surface area contributed by atoms with Crippen LogP contribution in [-0.4, -0.2) is 64.4 Å². The van der Waals surface area contributed by atoms with E-state index in [9.17, 15) is 4.79 Å². The second kappa shape index (κ2) is 7.78. The van der Waals surface area contributed by atoms with Crippen molar-refractivity contribution in [3.05, 3.63) is 35.7 Å². The van der Waals surface area contributed by atoms with Gasteiger partial charge >= 0.3 is 0 Å². The average Bonchev–Trinajstić information content (AvgIpc) is 3.56. The summed E-state index contributed by atoms with van der Waals surface area (Å²) < 4.78 is 13.7. The number of benzene rings is 1.